The summed E-state index contributed by atoms with van der Waals surface area (Å²) < 4.78 is 32.6. The van der Waals surface area contributed by atoms with Gasteiger partial charge >= 0.3 is 5.97 Å². The largest absolute Gasteiger partial charge is 0.481 e. The average molecular weight is 333 g/mol. The molecule has 0 aromatic heterocycles. The standard InChI is InChI=1S/C15H27NO5S/c17-15(18)9-5-7-13-6-1-3-10-16(13)22(19,20)12-14-8-2-4-11-21-14/h13-14H,1-12H2,(H,17,18). The summed E-state index contributed by atoms with van der Waals surface area (Å²) >= 11 is 0. The monoisotopic (exact) mass is 333 g/mol. The normalized spacial score (nSPS) is 27.6. The van der Waals surface area contributed by atoms with E-state index >= 15 is 0 Å². The predicted molar refractivity (Wildman–Crippen MR) is 83.2 cm³/mol. The van der Waals surface area contributed by atoms with Crippen LogP contribution in [0.4, 0.5) is 0 Å². The molecule has 0 aromatic carbocycles. The van der Waals surface area contributed by atoms with Crippen LogP contribution in [0.2, 0.25) is 0 Å². The maximum absolute atomic E-state index is 12.7. The van der Waals surface area contributed by atoms with Crippen LogP contribution >= 0.6 is 0 Å². The average Bonchev–Trinajstić information content (AvgIpc) is 2.48. The summed E-state index contributed by atoms with van der Waals surface area (Å²) in [5, 5.41) is 8.74. The van der Waals surface area contributed by atoms with Crippen LogP contribution in [0.3, 0.4) is 0 Å². The fraction of sp³-hybridized carbons (Fsp3) is 0.933. The summed E-state index contributed by atoms with van der Waals surface area (Å²) in [7, 11) is -3.32. The van der Waals surface area contributed by atoms with Crippen LogP contribution < -0.4 is 0 Å². The van der Waals surface area contributed by atoms with Gasteiger partial charge in [0, 0.05) is 25.6 Å². The van der Waals surface area contributed by atoms with Crippen LogP contribution in [0.1, 0.15) is 57.8 Å². The highest BCUT2D eigenvalue weighted by Gasteiger charge is 2.34. The third-order valence-corrected chi connectivity index (χ3v) is 6.52. The lowest BCUT2D eigenvalue weighted by Gasteiger charge is -2.36. The Kier molecular flexibility index (Phi) is 6.65. The zero-order chi connectivity index (χ0) is 16.0. The fourth-order valence-electron chi connectivity index (χ4n) is 3.39. The number of nitrogens with zero attached hydrogens (tertiary/aromatic N) is 1. The minimum absolute atomic E-state index is 0.0401. The van der Waals surface area contributed by atoms with Crippen molar-refractivity contribution in [1.29, 1.82) is 0 Å². The second-order valence-corrected chi connectivity index (χ2v) is 8.28. The molecule has 2 saturated heterocycles. The summed E-state index contributed by atoms with van der Waals surface area (Å²) in [5.41, 5.74) is 0. The van der Waals surface area contributed by atoms with Gasteiger partial charge in [-0.25, -0.2) is 8.42 Å². The number of hydrogen-bond acceptors (Lipinski definition) is 4. The van der Waals surface area contributed by atoms with Crippen LogP contribution in [0, 0.1) is 0 Å². The van der Waals surface area contributed by atoms with Gasteiger partial charge in [0.05, 0.1) is 11.9 Å². The Labute approximate surface area is 132 Å². The Bertz CT molecular complexity index is 459. The Morgan fingerprint density at radius 1 is 1.18 bits per heavy atom. The Morgan fingerprint density at radius 2 is 1.95 bits per heavy atom. The molecule has 0 aromatic rings. The van der Waals surface area contributed by atoms with Crippen molar-refractivity contribution in [3.8, 4) is 0 Å². The second kappa shape index (κ2) is 8.26. The lowest BCUT2D eigenvalue weighted by molar-refractivity contribution is -0.137. The summed E-state index contributed by atoms with van der Waals surface area (Å²) in [6, 6.07) is -0.0401. The first kappa shape index (κ1) is 17.7. The van der Waals surface area contributed by atoms with Crippen molar-refractivity contribution in [2.75, 3.05) is 18.9 Å². The molecule has 6 nitrogen and oxygen atoms in total. The molecule has 0 amide bonds. The lowest BCUT2D eigenvalue weighted by Crippen LogP contribution is -2.47. The number of hydrogen-bond donors (Lipinski definition) is 1. The number of piperidine rings is 1. The van der Waals surface area contributed by atoms with E-state index in [2.05, 4.69) is 0 Å². The van der Waals surface area contributed by atoms with Gasteiger partial charge < -0.3 is 9.84 Å². The molecule has 0 bridgehead atoms. The molecule has 2 unspecified atom stereocenters. The van der Waals surface area contributed by atoms with E-state index in [0.29, 0.717) is 26.0 Å². The van der Waals surface area contributed by atoms with Crippen molar-refractivity contribution in [2.45, 2.75) is 69.9 Å². The number of rotatable bonds is 7. The molecule has 2 fully saturated rings. The molecular weight excluding hydrogens is 306 g/mol. The van der Waals surface area contributed by atoms with Gasteiger partial charge in [-0.2, -0.15) is 4.31 Å². The number of ether oxygens (including phenoxy) is 1. The molecule has 2 rings (SSSR count). The molecule has 2 aliphatic rings. The highest BCUT2D eigenvalue weighted by Crippen LogP contribution is 2.26. The van der Waals surface area contributed by atoms with E-state index in [-0.39, 0.29) is 24.3 Å². The molecule has 0 saturated carbocycles. The SMILES string of the molecule is O=C(O)CCCC1CCCCN1S(=O)(=O)CC1CCCCO1. The van der Waals surface area contributed by atoms with E-state index in [4.69, 9.17) is 9.84 Å². The van der Waals surface area contributed by atoms with Crippen LogP contribution in [0.5, 0.6) is 0 Å². The van der Waals surface area contributed by atoms with Gasteiger partial charge in [0.25, 0.3) is 0 Å². The molecule has 7 heteroatoms. The van der Waals surface area contributed by atoms with E-state index in [9.17, 15) is 13.2 Å². The van der Waals surface area contributed by atoms with Gasteiger partial charge in [0.2, 0.25) is 10.0 Å². The number of carboxylic acid groups (broad SMARTS) is 1. The molecule has 0 aliphatic carbocycles. The van der Waals surface area contributed by atoms with Crippen molar-refractivity contribution >= 4 is 16.0 Å². The zero-order valence-corrected chi connectivity index (χ0v) is 13.9. The third kappa shape index (κ3) is 5.21. The van der Waals surface area contributed by atoms with Gasteiger partial charge in [-0.1, -0.05) is 6.42 Å². The highest BCUT2D eigenvalue weighted by atomic mass is 32.2. The molecule has 0 radical (unpaired) electrons. The van der Waals surface area contributed by atoms with Crippen LogP contribution in [0.25, 0.3) is 0 Å². The van der Waals surface area contributed by atoms with Crippen molar-refractivity contribution < 1.29 is 23.1 Å². The van der Waals surface area contributed by atoms with Gasteiger partial charge in [-0.15, -0.1) is 0 Å². The fourth-order valence-corrected chi connectivity index (χ4v) is 5.38. The summed E-state index contributed by atoms with van der Waals surface area (Å²) in [5.74, 6) is -0.747. The lowest BCUT2D eigenvalue weighted by atomic mass is 10.00. The van der Waals surface area contributed by atoms with Crippen molar-refractivity contribution in [3.05, 3.63) is 0 Å². The van der Waals surface area contributed by atoms with Crippen molar-refractivity contribution in [1.82, 2.24) is 4.31 Å². The van der Waals surface area contributed by atoms with Gasteiger partial charge in [-0.3, -0.25) is 4.79 Å². The van der Waals surface area contributed by atoms with Crippen LogP contribution in [0.15, 0.2) is 0 Å². The van der Waals surface area contributed by atoms with Crippen LogP contribution in [-0.2, 0) is 19.6 Å². The minimum Gasteiger partial charge on any atom is -0.481 e. The van der Waals surface area contributed by atoms with Crippen molar-refractivity contribution in [3.63, 3.8) is 0 Å². The zero-order valence-electron chi connectivity index (χ0n) is 13.1. The molecule has 1 N–H and O–H groups in total. The molecule has 0 spiro atoms. The molecule has 2 aliphatic heterocycles. The van der Waals surface area contributed by atoms with Crippen molar-refractivity contribution in [2.24, 2.45) is 0 Å². The predicted octanol–water partition coefficient (Wildman–Crippen LogP) is 1.99. The minimum atomic E-state index is -3.32. The number of sulfonamides is 1. The smallest absolute Gasteiger partial charge is 0.303 e. The first-order valence-corrected chi connectivity index (χ1v) is 9.93. The Hall–Kier alpha value is -0.660. The first-order chi connectivity index (χ1) is 10.5. The maximum Gasteiger partial charge on any atom is 0.303 e. The number of aliphatic carboxylic acids is 1. The van der Waals surface area contributed by atoms with Crippen LogP contribution in [-0.4, -0.2) is 54.8 Å². The van der Waals surface area contributed by atoms with E-state index in [1.807, 2.05) is 0 Å². The van der Waals surface area contributed by atoms with E-state index in [0.717, 1.165) is 38.5 Å². The highest BCUT2D eigenvalue weighted by molar-refractivity contribution is 7.89. The van der Waals surface area contributed by atoms with E-state index < -0.39 is 16.0 Å². The first-order valence-electron chi connectivity index (χ1n) is 8.32. The summed E-state index contributed by atoms with van der Waals surface area (Å²) in [4.78, 5) is 10.6. The van der Waals surface area contributed by atoms with Gasteiger partial charge in [0.1, 0.15) is 0 Å². The topological polar surface area (TPSA) is 83.9 Å². The Balaban J connectivity index is 1.93. The van der Waals surface area contributed by atoms with E-state index in [1.54, 1.807) is 4.31 Å². The molecule has 2 atom stereocenters. The number of carboxylic acids is 1. The number of carbonyl (C=O) groups is 1. The second-order valence-electron chi connectivity index (χ2n) is 6.31. The molecule has 22 heavy (non-hydrogen) atoms. The molecule has 128 valence electrons. The summed E-state index contributed by atoms with van der Waals surface area (Å²) in [6.45, 7) is 1.22. The summed E-state index contributed by atoms with van der Waals surface area (Å²) in [6.07, 6.45) is 6.70. The quantitative estimate of drug-likeness (QED) is 0.770. The van der Waals surface area contributed by atoms with Gasteiger partial charge in [-0.05, 0) is 44.9 Å². The maximum atomic E-state index is 12.7. The Morgan fingerprint density at radius 3 is 2.64 bits per heavy atom. The third-order valence-electron chi connectivity index (χ3n) is 4.53. The van der Waals surface area contributed by atoms with Gasteiger partial charge in [0.15, 0.2) is 0 Å². The molecular formula is C15H27NO5S. The molecule has 2 heterocycles. The van der Waals surface area contributed by atoms with E-state index in [1.165, 1.54) is 0 Å².